The summed E-state index contributed by atoms with van der Waals surface area (Å²) >= 11 is 0. The number of carbonyl (C=O) groups excluding carboxylic acids is 3. The summed E-state index contributed by atoms with van der Waals surface area (Å²) in [5.74, 6) is -1.79. The highest BCUT2D eigenvalue weighted by Crippen LogP contribution is 2.17. The van der Waals surface area contributed by atoms with Crippen molar-refractivity contribution in [3.63, 3.8) is 0 Å². The summed E-state index contributed by atoms with van der Waals surface area (Å²) in [4.78, 5) is 37.1. The number of aromatic nitrogens is 2. The largest absolute Gasteiger partial charge is 0.350 e. The fraction of sp³-hybridized carbons (Fsp3) is 0.333. The lowest BCUT2D eigenvalue weighted by Gasteiger charge is -2.13. The Morgan fingerprint density at radius 2 is 1.76 bits per heavy atom. The van der Waals surface area contributed by atoms with Crippen molar-refractivity contribution in [1.82, 2.24) is 15.1 Å². The maximum absolute atomic E-state index is 12.5. The minimum absolute atomic E-state index is 0.0430. The summed E-state index contributed by atoms with van der Waals surface area (Å²) in [5.41, 5.74) is 1.98. The number of nitrogens with one attached hydrogen (secondary N) is 2. The first kappa shape index (κ1) is 18.4. The lowest BCUT2D eigenvalue weighted by Crippen LogP contribution is -2.31. The van der Waals surface area contributed by atoms with E-state index in [9.17, 15) is 14.4 Å². The second-order valence-corrected chi connectivity index (χ2v) is 6.13. The quantitative estimate of drug-likeness (QED) is 0.642. The molecular formula is C18H22N4O3. The minimum atomic E-state index is -0.802. The van der Waals surface area contributed by atoms with Crippen LogP contribution in [0.5, 0.6) is 0 Å². The third kappa shape index (κ3) is 3.93. The summed E-state index contributed by atoms with van der Waals surface area (Å²) in [6.07, 6.45) is 0. The molecule has 0 saturated carbocycles. The van der Waals surface area contributed by atoms with Crippen molar-refractivity contribution in [3.05, 3.63) is 46.8 Å². The highest BCUT2D eigenvalue weighted by atomic mass is 16.2. The van der Waals surface area contributed by atoms with Crippen LogP contribution in [0.25, 0.3) is 0 Å². The third-order valence-electron chi connectivity index (χ3n) is 3.78. The molecule has 0 aliphatic heterocycles. The van der Waals surface area contributed by atoms with Gasteiger partial charge in [-0.05, 0) is 39.8 Å². The Bertz CT molecular complexity index is 837. The lowest BCUT2D eigenvalue weighted by atomic mass is 10.1. The standard InChI is InChI=1S/C18H22N4O3/c1-10(2)19-17(24)13-8-6-7-9-14(13)20-18(25)16(23)15-11(3)21-22(5)12(15)4/h6-10H,1-5H3,(H,19,24)(H,20,25). The van der Waals surface area contributed by atoms with Crippen molar-refractivity contribution < 1.29 is 14.4 Å². The van der Waals surface area contributed by atoms with E-state index in [1.54, 1.807) is 49.8 Å². The van der Waals surface area contributed by atoms with Gasteiger partial charge in [0.25, 0.3) is 17.6 Å². The van der Waals surface area contributed by atoms with E-state index in [0.717, 1.165) is 0 Å². The SMILES string of the molecule is Cc1nn(C)c(C)c1C(=O)C(=O)Nc1ccccc1C(=O)NC(C)C. The zero-order valence-corrected chi connectivity index (χ0v) is 15.0. The molecule has 1 heterocycles. The number of para-hydroxylation sites is 1. The Morgan fingerprint density at radius 1 is 1.12 bits per heavy atom. The summed E-state index contributed by atoms with van der Waals surface area (Å²) in [6.45, 7) is 7.09. The molecule has 2 amide bonds. The Morgan fingerprint density at radius 3 is 2.32 bits per heavy atom. The second kappa shape index (κ2) is 7.29. The first-order valence-electron chi connectivity index (χ1n) is 7.98. The number of ketones is 1. The first-order chi connectivity index (χ1) is 11.7. The van der Waals surface area contributed by atoms with Crippen molar-refractivity contribution in [2.45, 2.75) is 33.7 Å². The van der Waals surface area contributed by atoms with Gasteiger partial charge in [0.2, 0.25) is 0 Å². The number of carbonyl (C=O) groups is 3. The van der Waals surface area contributed by atoms with Crippen molar-refractivity contribution in [3.8, 4) is 0 Å². The van der Waals surface area contributed by atoms with E-state index in [2.05, 4.69) is 15.7 Å². The van der Waals surface area contributed by atoms with Crippen LogP contribution in [-0.4, -0.2) is 33.4 Å². The molecule has 1 aromatic heterocycles. The molecule has 2 rings (SSSR count). The van der Waals surface area contributed by atoms with Crippen molar-refractivity contribution in [2.24, 2.45) is 7.05 Å². The lowest BCUT2D eigenvalue weighted by molar-refractivity contribution is -0.112. The molecule has 0 aliphatic rings. The Balaban J connectivity index is 2.26. The zero-order valence-electron chi connectivity index (χ0n) is 15.0. The van der Waals surface area contributed by atoms with Crippen LogP contribution in [0.2, 0.25) is 0 Å². The monoisotopic (exact) mass is 342 g/mol. The molecule has 0 saturated heterocycles. The van der Waals surface area contributed by atoms with Crippen LogP contribution in [-0.2, 0) is 11.8 Å². The maximum Gasteiger partial charge on any atom is 0.296 e. The van der Waals surface area contributed by atoms with Gasteiger partial charge in [0, 0.05) is 18.8 Å². The fourth-order valence-electron chi connectivity index (χ4n) is 2.52. The number of nitrogens with zero attached hydrogens (tertiary/aromatic N) is 2. The average Bonchev–Trinajstić information content (AvgIpc) is 2.79. The summed E-state index contributed by atoms with van der Waals surface area (Å²) in [6, 6.07) is 6.52. The summed E-state index contributed by atoms with van der Waals surface area (Å²) in [5, 5.41) is 9.46. The molecular weight excluding hydrogens is 320 g/mol. The van der Waals surface area contributed by atoms with Gasteiger partial charge in [-0.25, -0.2) is 0 Å². The van der Waals surface area contributed by atoms with Crippen molar-refractivity contribution in [2.75, 3.05) is 5.32 Å². The van der Waals surface area contributed by atoms with Gasteiger partial charge < -0.3 is 10.6 Å². The van der Waals surface area contributed by atoms with Gasteiger partial charge in [0.05, 0.1) is 22.5 Å². The number of Topliss-reactive ketones (excluding diaryl/α,β-unsaturated/α-hetero) is 1. The maximum atomic E-state index is 12.5. The highest BCUT2D eigenvalue weighted by molar-refractivity contribution is 6.47. The fourth-order valence-corrected chi connectivity index (χ4v) is 2.52. The van der Waals surface area contributed by atoms with E-state index in [4.69, 9.17) is 0 Å². The number of hydrogen-bond acceptors (Lipinski definition) is 4. The zero-order chi connectivity index (χ0) is 18.7. The molecule has 1 aromatic carbocycles. The Labute approximate surface area is 146 Å². The Kier molecular flexibility index (Phi) is 5.36. The van der Waals surface area contributed by atoms with Gasteiger partial charge in [-0.15, -0.1) is 0 Å². The van der Waals surface area contributed by atoms with Crippen molar-refractivity contribution >= 4 is 23.3 Å². The van der Waals surface area contributed by atoms with E-state index >= 15 is 0 Å². The van der Waals surface area contributed by atoms with Gasteiger partial charge in [-0.3, -0.25) is 19.1 Å². The van der Waals surface area contributed by atoms with E-state index < -0.39 is 11.7 Å². The van der Waals surface area contributed by atoms with Crippen LogP contribution in [0, 0.1) is 13.8 Å². The van der Waals surface area contributed by atoms with E-state index in [-0.39, 0.29) is 23.2 Å². The molecule has 0 atom stereocenters. The van der Waals surface area contributed by atoms with Crippen LogP contribution in [0.1, 0.15) is 46.0 Å². The molecule has 0 aliphatic carbocycles. The van der Waals surface area contributed by atoms with Crippen LogP contribution in [0.4, 0.5) is 5.69 Å². The normalized spacial score (nSPS) is 10.6. The van der Waals surface area contributed by atoms with Crippen molar-refractivity contribution in [1.29, 1.82) is 0 Å². The molecule has 0 spiro atoms. The van der Waals surface area contributed by atoms with E-state index in [1.165, 1.54) is 0 Å². The topological polar surface area (TPSA) is 93.1 Å². The molecule has 2 N–H and O–H groups in total. The first-order valence-corrected chi connectivity index (χ1v) is 7.98. The van der Waals surface area contributed by atoms with Gasteiger partial charge in [0.15, 0.2) is 0 Å². The molecule has 0 bridgehead atoms. The second-order valence-electron chi connectivity index (χ2n) is 6.13. The molecule has 0 fully saturated rings. The smallest absolute Gasteiger partial charge is 0.296 e. The number of amides is 2. The number of anilines is 1. The average molecular weight is 342 g/mol. The number of hydrogen-bond donors (Lipinski definition) is 2. The van der Waals surface area contributed by atoms with Gasteiger partial charge in [-0.1, -0.05) is 12.1 Å². The number of aryl methyl sites for hydroxylation is 2. The predicted molar refractivity (Wildman–Crippen MR) is 94.7 cm³/mol. The molecule has 0 radical (unpaired) electrons. The summed E-state index contributed by atoms with van der Waals surface area (Å²) < 4.78 is 1.56. The number of benzene rings is 1. The molecule has 25 heavy (non-hydrogen) atoms. The van der Waals surface area contributed by atoms with E-state index in [0.29, 0.717) is 17.0 Å². The van der Waals surface area contributed by atoms with Gasteiger partial charge >= 0.3 is 0 Å². The van der Waals surface area contributed by atoms with Crippen LogP contribution < -0.4 is 10.6 Å². The molecule has 7 heteroatoms. The minimum Gasteiger partial charge on any atom is -0.350 e. The summed E-state index contributed by atoms with van der Waals surface area (Å²) in [7, 11) is 1.71. The van der Waals surface area contributed by atoms with E-state index in [1.807, 2.05) is 13.8 Å². The molecule has 2 aromatic rings. The van der Waals surface area contributed by atoms with Crippen LogP contribution in [0.3, 0.4) is 0 Å². The van der Waals surface area contributed by atoms with Gasteiger partial charge in [0.1, 0.15) is 0 Å². The van der Waals surface area contributed by atoms with Crippen LogP contribution >= 0.6 is 0 Å². The van der Waals surface area contributed by atoms with Crippen LogP contribution in [0.15, 0.2) is 24.3 Å². The molecule has 7 nitrogen and oxygen atoms in total. The predicted octanol–water partition coefficient (Wildman–Crippen LogP) is 2.00. The Hall–Kier alpha value is -2.96. The highest BCUT2D eigenvalue weighted by Gasteiger charge is 2.25. The molecule has 132 valence electrons. The molecule has 0 unspecified atom stereocenters. The number of rotatable bonds is 5. The van der Waals surface area contributed by atoms with Gasteiger partial charge in [-0.2, -0.15) is 5.10 Å². The third-order valence-corrected chi connectivity index (χ3v) is 3.78.